The van der Waals surface area contributed by atoms with Crippen LogP contribution in [0.1, 0.15) is 69.5 Å². The van der Waals surface area contributed by atoms with Gasteiger partial charge in [0, 0.05) is 29.8 Å². The van der Waals surface area contributed by atoms with E-state index in [-0.39, 0.29) is 22.1 Å². The Balaban J connectivity index is 1.70. The highest BCUT2D eigenvalue weighted by atomic mass is 16.6. The third-order valence-corrected chi connectivity index (χ3v) is 6.88. The second-order valence-electron chi connectivity index (χ2n) is 8.94. The fraction of sp³-hybridized carbons (Fsp3) is 0.500. The van der Waals surface area contributed by atoms with Crippen LogP contribution in [0, 0.1) is 16.0 Å². The van der Waals surface area contributed by atoms with Crippen LogP contribution >= 0.6 is 0 Å². The fourth-order valence-electron chi connectivity index (χ4n) is 5.39. The van der Waals surface area contributed by atoms with E-state index in [2.05, 4.69) is 43.0 Å². The zero-order chi connectivity index (χ0) is 19.7. The first kappa shape index (κ1) is 19.0. The molecule has 2 aromatic rings. The van der Waals surface area contributed by atoms with Crippen molar-refractivity contribution >= 4 is 11.4 Å². The van der Waals surface area contributed by atoms with Crippen molar-refractivity contribution in [1.82, 2.24) is 0 Å². The molecule has 0 amide bonds. The summed E-state index contributed by atoms with van der Waals surface area (Å²) in [6, 6.07) is 16.2. The van der Waals surface area contributed by atoms with E-state index >= 15 is 0 Å². The lowest BCUT2D eigenvalue weighted by atomic mass is 9.73. The summed E-state index contributed by atoms with van der Waals surface area (Å²) in [4.78, 5) is 13.5. The van der Waals surface area contributed by atoms with E-state index in [1.54, 1.807) is 12.1 Å². The first-order valence-electron chi connectivity index (χ1n) is 10.6. The van der Waals surface area contributed by atoms with Crippen molar-refractivity contribution in [1.29, 1.82) is 0 Å². The van der Waals surface area contributed by atoms with Crippen LogP contribution in [0.5, 0.6) is 0 Å². The van der Waals surface area contributed by atoms with E-state index in [9.17, 15) is 10.1 Å². The zero-order valence-electron chi connectivity index (χ0n) is 16.9. The Morgan fingerprint density at radius 1 is 1.14 bits per heavy atom. The number of hydrogen-bond acceptors (Lipinski definition) is 3. The van der Waals surface area contributed by atoms with Crippen LogP contribution in [-0.4, -0.2) is 11.5 Å². The largest absolute Gasteiger partial charge is 0.363 e. The molecule has 4 heteroatoms. The maximum absolute atomic E-state index is 11.4. The molecule has 148 valence electrons. The highest BCUT2D eigenvalue weighted by Crippen LogP contribution is 2.49. The lowest BCUT2D eigenvalue weighted by Gasteiger charge is -2.34. The summed E-state index contributed by atoms with van der Waals surface area (Å²) < 4.78 is 0. The van der Waals surface area contributed by atoms with Crippen LogP contribution in [0.25, 0.3) is 0 Å². The molecule has 2 unspecified atom stereocenters. The average molecular weight is 379 g/mol. The van der Waals surface area contributed by atoms with Gasteiger partial charge in [-0.15, -0.1) is 0 Å². The van der Waals surface area contributed by atoms with E-state index in [0.717, 1.165) is 18.2 Å². The Bertz CT molecular complexity index is 845. The number of nitrogens with zero attached hydrogens (tertiary/aromatic N) is 2. The van der Waals surface area contributed by atoms with Crippen molar-refractivity contribution in [3.05, 3.63) is 69.8 Å². The molecule has 2 aromatic carbocycles. The van der Waals surface area contributed by atoms with E-state index in [0.29, 0.717) is 0 Å². The molecule has 0 saturated heterocycles. The van der Waals surface area contributed by atoms with Gasteiger partial charge in [0.05, 0.1) is 11.0 Å². The van der Waals surface area contributed by atoms with Gasteiger partial charge in [-0.3, -0.25) is 10.1 Å². The Morgan fingerprint density at radius 2 is 1.86 bits per heavy atom. The Hall–Kier alpha value is -2.36. The highest BCUT2D eigenvalue weighted by molar-refractivity contribution is 5.67. The Morgan fingerprint density at radius 3 is 2.54 bits per heavy atom. The fourth-order valence-corrected chi connectivity index (χ4v) is 5.39. The topological polar surface area (TPSA) is 46.4 Å². The summed E-state index contributed by atoms with van der Waals surface area (Å²) >= 11 is 0. The molecule has 1 fully saturated rings. The molecular formula is C24H30N2O2. The molecule has 28 heavy (non-hydrogen) atoms. The predicted octanol–water partition coefficient (Wildman–Crippen LogP) is 6.40. The summed E-state index contributed by atoms with van der Waals surface area (Å²) in [5, 5.41) is 11.4. The number of benzene rings is 2. The third kappa shape index (κ3) is 3.52. The molecule has 0 radical (unpaired) electrons. The Labute approximate surface area is 167 Å². The first-order valence-corrected chi connectivity index (χ1v) is 10.6. The van der Waals surface area contributed by atoms with Crippen molar-refractivity contribution in [2.75, 3.05) is 11.4 Å². The number of rotatable bonds is 5. The van der Waals surface area contributed by atoms with Crippen LogP contribution in [0.15, 0.2) is 48.5 Å². The van der Waals surface area contributed by atoms with E-state index in [1.807, 2.05) is 12.1 Å². The summed E-state index contributed by atoms with van der Waals surface area (Å²) in [6.45, 7) is 5.50. The molecular weight excluding hydrogens is 348 g/mol. The van der Waals surface area contributed by atoms with E-state index < -0.39 is 0 Å². The number of hydrogen-bond donors (Lipinski definition) is 0. The lowest BCUT2D eigenvalue weighted by molar-refractivity contribution is -0.384. The quantitative estimate of drug-likeness (QED) is 0.446. The van der Waals surface area contributed by atoms with Gasteiger partial charge in [-0.2, -0.15) is 0 Å². The molecule has 4 nitrogen and oxygen atoms in total. The smallest absolute Gasteiger partial charge is 0.271 e. The van der Waals surface area contributed by atoms with Gasteiger partial charge in [0.2, 0.25) is 0 Å². The van der Waals surface area contributed by atoms with Crippen molar-refractivity contribution in [2.24, 2.45) is 5.92 Å². The molecule has 0 aromatic heterocycles. The standard InChI is InChI=1S/C24H30N2O2/c1-18(20-11-7-4-8-12-20)25-17-24(2,16-19-9-5-3-6-10-19)22-14-13-21(26(27)28)15-23(22)25/h4,7-8,11-15,18-19H,3,5-6,9-10,16-17H2,1-2H3. The maximum atomic E-state index is 11.4. The molecule has 1 saturated carbocycles. The summed E-state index contributed by atoms with van der Waals surface area (Å²) in [5.74, 6) is 0.772. The van der Waals surface area contributed by atoms with Crippen LogP contribution in [0.2, 0.25) is 0 Å². The van der Waals surface area contributed by atoms with Gasteiger partial charge < -0.3 is 4.90 Å². The van der Waals surface area contributed by atoms with Crippen molar-refractivity contribution in [3.8, 4) is 0 Å². The van der Waals surface area contributed by atoms with Crippen LogP contribution in [0.4, 0.5) is 11.4 Å². The predicted molar refractivity (Wildman–Crippen MR) is 114 cm³/mol. The van der Waals surface area contributed by atoms with Gasteiger partial charge in [-0.1, -0.05) is 69.4 Å². The summed E-state index contributed by atoms with van der Waals surface area (Å²) in [6.07, 6.45) is 7.89. The molecule has 2 aliphatic rings. The molecule has 1 aliphatic heterocycles. The van der Waals surface area contributed by atoms with Gasteiger partial charge in [-0.25, -0.2) is 0 Å². The minimum atomic E-state index is -0.275. The maximum Gasteiger partial charge on any atom is 0.271 e. The lowest BCUT2D eigenvalue weighted by Crippen LogP contribution is -2.34. The monoisotopic (exact) mass is 378 g/mol. The van der Waals surface area contributed by atoms with Crippen LogP contribution < -0.4 is 4.90 Å². The SMILES string of the molecule is CC(c1ccccc1)N1CC(C)(CC2CCCCC2)c2ccc([N+](=O)[O-])cc21. The van der Waals surface area contributed by atoms with Gasteiger partial charge in [0.1, 0.15) is 0 Å². The molecule has 4 rings (SSSR count). The van der Waals surface area contributed by atoms with Gasteiger partial charge in [0.15, 0.2) is 0 Å². The van der Waals surface area contributed by atoms with Gasteiger partial charge in [0.25, 0.3) is 5.69 Å². The summed E-state index contributed by atoms with van der Waals surface area (Å²) in [5.41, 5.74) is 3.82. The number of anilines is 1. The zero-order valence-corrected chi connectivity index (χ0v) is 16.9. The van der Waals surface area contributed by atoms with Gasteiger partial charge in [-0.05, 0) is 36.5 Å². The highest BCUT2D eigenvalue weighted by Gasteiger charge is 2.42. The van der Waals surface area contributed by atoms with E-state index in [4.69, 9.17) is 0 Å². The number of nitro benzene ring substituents is 1. The molecule has 0 spiro atoms. The number of nitro groups is 1. The first-order chi connectivity index (χ1) is 13.5. The van der Waals surface area contributed by atoms with Crippen molar-refractivity contribution in [3.63, 3.8) is 0 Å². The average Bonchev–Trinajstić information content (AvgIpc) is 3.01. The van der Waals surface area contributed by atoms with Gasteiger partial charge >= 0.3 is 0 Å². The number of non-ortho nitro benzene ring substituents is 1. The van der Waals surface area contributed by atoms with Crippen molar-refractivity contribution in [2.45, 2.75) is 63.8 Å². The minimum Gasteiger partial charge on any atom is -0.363 e. The molecule has 0 N–H and O–H groups in total. The van der Waals surface area contributed by atoms with Crippen LogP contribution in [-0.2, 0) is 5.41 Å². The molecule has 1 heterocycles. The molecule has 2 atom stereocenters. The molecule has 1 aliphatic carbocycles. The molecule has 0 bridgehead atoms. The third-order valence-electron chi connectivity index (χ3n) is 6.88. The normalized spacial score (nSPS) is 23.4. The minimum absolute atomic E-state index is 0.0511. The summed E-state index contributed by atoms with van der Waals surface area (Å²) in [7, 11) is 0. The Kier molecular flexibility index (Phi) is 5.13. The second-order valence-corrected chi connectivity index (χ2v) is 8.94. The van der Waals surface area contributed by atoms with Crippen LogP contribution in [0.3, 0.4) is 0 Å². The van der Waals surface area contributed by atoms with E-state index in [1.165, 1.54) is 49.7 Å². The van der Waals surface area contributed by atoms with Crippen molar-refractivity contribution < 1.29 is 4.92 Å². The second kappa shape index (κ2) is 7.57. The number of fused-ring (bicyclic) bond motifs is 1.